The van der Waals surface area contributed by atoms with Gasteiger partial charge in [-0.3, -0.25) is 4.79 Å². The van der Waals surface area contributed by atoms with Crippen LogP contribution in [-0.4, -0.2) is 11.9 Å². The summed E-state index contributed by atoms with van der Waals surface area (Å²) >= 11 is 0. The summed E-state index contributed by atoms with van der Waals surface area (Å²) in [5.74, 6) is -0.560. The lowest BCUT2D eigenvalue weighted by Crippen LogP contribution is -2.31. The van der Waals surface area contributed by atoms with Crippen molar-refractivity contribution in [3.8, 4) is 6.07 Å². The molecule has 2 rings (SSSR count). The molecule has 0 aliphatic rings. The minimum atomic E-state index is -0.530. The molecular weight excluding hydrogens is 281 g/mol. The van der Waals surface area contributed by atoms with Gasteiger partial charge in [0.1, 0.15) is 11.9 Å². The third-order valence-corrected chi connectivity index (χ3v) is 3.23. The summed E-state index contributed by atoms with van der Waals surface area (Å²) < 4.78 is 13.5. The van der Waals surface area contributed by atoms with Crippen LogP contribution in [0.5, 0.6) is 0 Å². The molecule has 0 aromatic heterocycles. The van der Waals surface area contributed by atoms with Gasteiger partial charge in [-0.2, -0.15) is 5.26 Å². The average Bonchev–Trinajstić information content (AvgIpc) is 2.51. The van der Waals surface area contributed by atoms with Crippen molar-refractivity contribution >= 4 is 17.3 Å². The van der Waals surface area contributed by atoms with Crippen LogP contribution < -0.4 is 10.6 Å². The molecule has 0 spiro atoms. The van der Waals surface area contributed by atoms with Gasteiger partial charge in [-0.25, -0.2) is 4.39 Å². The van der Waals surface area contributed by atoms with Crippen molar-refractivity contribution in [1.82, 2.24) is 0 Å². The van der Waals surface area contributed by atoms with E-state index in [0.717, 1.165) is 0 Å². The van der Waals surface area contributed by atoms with Gasteiger partial charge in [0.25, 0.3) is 0 Å². The molecular formula is C17H16FN3O. The Morgan fingerprint density at radius 2 is 1.82 bits per heavy atom. The summed E-state index contributed by atoms with van der Waals surface area (Å²) in [5.41, 5.74) is 2.23. The Kier molecular flexibility index (Phi) is 4.74. The standard InChI is InChI=1S/C17H16FN3O/c1-11-3-6-15(9-16(11)18)20-12(2)17(22)21-14-7-4-13(10-19)5-8-14/h3-9,12,20H,1-2H3,(H,21,22)/t12-/m0/s1. The van der Waals surface area contributed by atoms with Crippen molar-refractivity contribution in [2.24, 2.45) is 0 Å². The van der Waals surface area contributed by atoms with Crippen LogP contribution in [0.25, 0.3) is 0 Å². The maximum absolute atomic E-state index is 13.5. The zero-order chi connectivity index (χ0) is 16.1. The maximum atomic E-state index is 13.5. The first-order chi connectivity index (χ1) is 10.5. The fourth-order valence-corrected chi connectivity index (χ4v) is 1.88. The van der Waals surface area contributed by atoms with E-state index in [2.05, 4.69) is 10.6 Å². The van der Waals surface area contributed by atoms with E-state index in [4.69, 9.17) is 5.26 Å². The van der Waals surface area contributed by atoms with Gasteiger partial charge in [-0.1, -0.05) is 6.07 Å². The van der Waals surface area contributed by atoms with Gasteiger partial charge >= 0.3 is 0 Å². The molecule has 0 aliphatic carbocycles. The Balaban J connectivity index is 1.99. The smallest absolute Gasteiger partial charge is 0.246 e. The Morgan fingerprint density at radius 3 is 2.41 bits per heavy atom. The highest BCUT2D eigenvalue weighted by atomic mass is 19.1. The predicted octanol–water partition coefficient (Wildman–Crippen LogP) is 3.44. The van der Waals surface area contributed by atoms with Crippen LogP contribution in [0, 0.1) is 24.1 Å². The molecule has 112 valence electrons. The van der Waals surface area contributed by atoms with Crippen molar-refractivity contribution < 1.29 is 9.18 Å². The number of nitrogens with one attached hydrogen (secondary N) is 2. The van der Waals surface area contributed by atoms with Crippen LogP contribution >= 0.6 is 0 Å². The zero-order valence-electron chi connectivity index (χ0n) is 12.4. The van der Waals surface area contributed by atoms with E-state index in [9.17, 15) is 9.18 Å². The number of hydrogen-bond donors (Lipinski definition) is 2. The number of rotatable bonds is 4. The molecule has 0 aliphatic heterocycles. The van der Waals surface area contributed by atoms with E-state index in [1.807, 2.05) is 6.07 Å². The number of amides is 1. The second kappa shape index (κ2) is 6.72. The predicted molar refractivity (Wildman–Crippen MR) is 84.0 cm³/mol. The van der Waals surface area contributed by atoms with E-state index in [0.29, 0.717) is 22.5 Å². The molecule has 1 amide bonds. The topological polar surface area (TPSA) is 64.9 Å². The van der Waals surface area contributed by atoms with Crippen LogP contribution in [0.3, 0.4) is 0 Å². The van der Waals surface area contributed by atoms with Gasteiger partial charge in [-0.15, -0.1) is 0 Å². The van der Waals surface area contributed by atoms with Crippen molar-refractivity contribution in [3.63, 3.8) is 0 Å². The first-order valence-electron chi connectivity index (χ1n) is 6.83. The van der Waals surface area contributed by atoms with Crippen LogP contribution in [0.4, 0.5) is 15.8 Å². The molecule has 0 unspecified atom stereocenters. The average molecular weight is 297 g/mol. The summed E-state index contributed by atoms with van der Waals surface area (Å²) in [5, 5.41) is 14.4. The molecule has 0 saturated heterocycles. The fraction of sp³-hybridized carbons (Fsp3) is 0.176. The zero-order valence-corrected chi connectivity index (χ0v) is 12.4. The third-order valence-electron chi connectivity index (χ3n) is 3.23. The molecule has 2 N–H and O–H groups in total. The fourth-order valence-electron chi connectivity index (χ4n) is 1.88. The monoisotopic (exact) mass is 297 g/mol. The summed E-state index contributed by atoms with van der Waals surface area (Å²) in [6, 6.07) is 12.8. The van der Waals surface area contributed by atoms with Gasteiger partial charge in [0.2, 0.25) is 5.91 Å². The number of nitrogens with zero attached hydrogens (tertiary/aromatic N) is 1. The highest BCUT2D eigenvalue weighted by Crippen LogP contribution is 2.15. The Bertz CT molecular complexity index is 720. The van der Waals surface area contributed by atoms with E-state index < -0.39 is 6.04 Å². The van der Waals surface area contributed by atoms with Gasteiger partial charge in [0.15, 0.2) is 0 Å². The maximum Gasteiger partial charge on any atom is 0.246 e. The van der Waals surface area contributed by atoms with Crippen LogP contribution in [0.2, 0.25) is 0 Å². The molecule has 0 bridgehead atoms. The highest BCUT2D eigenvalue weighted by Gasteiger charge is 2.13. The molecule has 1 atom stereocenters. The summed E-state index contributed by atoms with van der Waals surface area (Å²) in [4.78, 5) is 12.1. The molecule has 4 nitrogen and oxygen atoms in total. The molecule has 0 radical (unpaired) electrons. The minimum Gasteiger partial charge on any atom is -0.374 e. The van der Waals surface area contributed by atoms with Crippen LogP contribution in [-0.2, 0) is 4.79 Å². The SMILES string of the molecule is Cc1ccc(N[C@@H](C)C(=O)Nc2ccc(C#N)cc2)cc1F. The number of carbonyl (C=O) groups is 1. The minimum absolute atomic E-state index is 0.245. The Morgan fingerprint density at radius 1 is 1.18 bits per heavy atom. The molecule has 5 heteroatoms. The lowest BCUT2D eigenvalue weighted by molar-refractivity contribution is -0.116. The molecule has 2 aromatic rings. The molecule has 22 heavy (non-hydrogen) atoms. The lowest BCUT2D eigenvalue weighted by atomic mass is 10.2. The van der Waals surface area contributed by atoms with Gasteiger partial charge in [0.05, 0.1) is 11.6 Å². The Hall–Kier alpha value is -2.87. The number of anilines is 2. The van der Waals surface area contributed by atoms with Crippen LogP contribution in [0.15, 0.2) is 42.5 Å². The summed E-state index contributed by atoms with van der Waals surface area (Å²) in [6.07, 6.45) is 0. The van der Waals surface area contributed by atoms with Crippen molar-refractivity contribution in [3.05, 3.63) is 59.4 Å². The van der Waals surface area contributed by atoms with E-state index in [-0.39, 0.29) is 11.7 Å². The molecule has 0 heterocycles. The first-order valence-corrected chi connectivity index (χ1v) is 6.83. The number of aryl methyl sites for hydroxylation is 1. The van der Waals surface area contributed by atoms with Crippen molar-refractivity contribution in [1.29, 1.82) is 5.26 Å². The molecule has 0 fully saturated rings. The van der Waals surface area contributed by atoms with Gasteiger partial charge < -0.3 is 10.6 Å². The number of halogens is 1. The second-order valence-electron chi connectivity index (χ2n) is 5.01. The van der Waals surface area contributed by atoms with E-state index in [1.165, 1.54) is 6.07 Å². The molecule has 0 saturated carbocycles. The summed E-state index contributed by atoms with van der Waals surface area (Å²) in [7, 11) is 0. The van der Waals surface area contributed by atoms with E-state index in [1.54, 1.807) is 50.2 Å². The number of nitriles is 1. The van der Waals surface area contributed by atoms with Gasteiger partial charge in [-0.05, 0) is 55.8 Å². The quantitative estimate of drug-likeness (QED) is 0.908. The first kappa shape index (κ1) is 15.5. The highest BCUT2D eigenvalue weighted by molar-refractivity contribution is 5.96. The number of carbonyl (C=O) groups excluding carboxylic acids is 1. The van der Waals surface area contributed by atoms with Gasteiger partial charge in [0, 0.05) is 11.4 Å². The third kappa shape index (κ3) is 3.83. The lowest BCUT2D eigenvalue weighted by Gasteiger charge is -2.15. The molecule has 2 aromatic carbocycles. The van der Waals surface area contributed by atoms with Crippen molar-refractivity contribution in [2.75, 3.05) is 10.6 Å². The number of benzene rings is 2. The van der Waals surface area contributed by atoms with Crippen molar-refractivity contribution in [2.45, 2.75) is 19.9 Å². The van der Waals surface area contributed by atoms with E-state index >= 15 is 0 Å². The Labute approximate surface area is 128 Å². The normalized spacial score (nSPS) is 11.4. The van der Waals surface area contributed by atoms with Crippen LogP contribution in [0.1, 0.15) is 18.1 Å². The largest absolute Gasteiger partial charge is 0.374 e. The number of hydrogen-bond acceptors (Lipinski definition) is 3. The second-order valence-corrected chi connectivity index (χ2v) is 5.01. The summed E-state index contributed by atoms with van der Waals surface area (Å²) in [6.45, 7) is 3.37.